The number of rotatable bonds is 5. The zero-order valence-electron chi connectivity index (χ0n) is 17.8. The first-order valence-corrected chi connectivity index (χ1v) is 11.0. The number of para-hydroxylation sites is 1. The molecule has 0 spiro atoms. The molecule has 31 heavy (non-hydrogen) atoms. The van der Waals surface area contributed by atoms with Gasteiger partial charge >= 0.3 is 0 Å². The molecule has 2 heterocycles. The minimum absolute atomic E-state index is 0.381. The Bertz CT molecular complexity index is 1270. The molecule has 0 aliphatic heterocycles. The molecule has 1 unspecified atom stereocenters. The van der Waals surface area contributed by atoms with Crippen LogP contribution in [0.4, 0.5) is 0 Å². The summed E-state index contributed by atoms with van der Waals surface area (Å²) in [5, 5.41) is 4.97. The second kappa shape index (κ2) is 8.21. The van der Waals surface area contributed by atoms with Crippen LogP contribution in [0.5, 0.6) is 0 Å². The van der Waals surface area contributed by atoms with E-state index < -0.39 is 0 Å². The fourth-order valence-electron chi connectivity index (χ4n) is 4.52. The molecule has 2 aromatic heterocycles. The average molecular weight is 428 g/mol. The highest BCUT2D eigenvalue weighted by Crippen LogP contribution is 2.35. The first-order chi connectivity index (χ1) is 15.1. The third-order valence-electron chi connectivity index (χ3n) is 6.12. The summed E-state index contributed by atoms with van der Waals surface area (Å²) >= 11 is 5.95. The van der Waals surface area contributed by atoms with Crippen LogP contribution in [0, 0.1) is 11.7 Å². The standard InChI is InChI=1S/C25H25N5S/c1-18-7-3-6-10-22(18)30-24(20-13-15-26-16-14-20)27-29(25(30)31)17-28(2)23-12-11-19-8-4-5-9-21(19)23/h3-10,13-16,23H,11-12,17H2,1-2H3. The Balaban J connectivity index is 1.56. The molecular weight excluding hydrogens is 402 g/mol. The molecule has 156 valence electrons. The van der Waals surface area contributed by atoms with E-state index in [-0.39, 0.29) is 0 Å². The van der Waals surface area contributed by atoms with Crippen molar-refractivity contribution < 1.29 is 0 Å². The van der Waals surface area contributed by atoms with Gasteiger partial charge in [0.05, 0.1) is 12.4 Å². The minimum atomic E-state index is 0.381. The summed E-state index contributed by atoms with van der Waals surface area (Å²) in [5.74, 6) is 0.835. The van der Waals surface area contributed by atoms with E-state index in [0.717, 1.165) is 35.5 Å². The van der Waals surface area contributed by atoms with Gasteiger partial charge in [0, 0.05) is 24.0 Å². The Morgan fingerprint density at radius 1 is 1.03 bits per heavy atom. The second-order valence-electron chi connectivity index (χ2n) is 8.12. The molecule has 0 bridgehead atoms. The van der Waals surface area contributed by atoms with Crippen LogP contribution in [0.2, 0.25) is 0 Å². The van der Waals surface area contributed by atoms with E-state index in [1.807, 2.05) is 28.9 Å². The lowest BCUT2D eigenvalue weighted by Gasteiger charge is -2.24. The van der Waals surface area contributed by atoms with Crippen molar-refractivity contribution in [3.8, 4) is 17.1 Å². The molecule has 0 radical (unpaired) electrons. The topological polar surface area (TPSA) is 38.9 Å². The lowest BCUT2D eigenvalue weighted by Crippen LogP contribution is -2.26. The number of pyridine rings is 1. The van der Waals surface area contributed by atoms with E-state index in [2.05, 4.69) is 64.8 Å². The fraction of sp³-hybridized carbons (Fsp3) is 0.240. The quantitative estimate of drug-likeness (QED) is 0.403. The molecular formula is C25H25N5S. The van der Waals surface area contributed by atoms with Gasteiger partial charge in [0.15, 0.2) is 5.82 Å². The number of fused-ring (bicyclic) bond motifs is 1. The predicted molar refractivity (Wildman–Crippen MR) is 126 cm³/mol. The Kier molecular flexibility index (Phi) is 5.26. The molecule has 5 nitrogen and oxygen atoms in total. The molecule has 5 rings (SSSR count). The van der Waals surface area contributed by atoms with E-state index in [1.165, 1.54) is 11.1 Å². The predicted octanol–water partition coefficient (Wildman–Crippen LogP) is 5.35. The Morgan fingerprint density at radius 2 is 1.77 bits per heavy atom. The summed E-state index contributed by atoms with van der Waals surface area (Å²) in [5.41, 5.74) is 6.08. The smallest absolute Gasteiger partial charge is 0.204 e. The molecule has 1 aliphatic carbocycles. The van der Waals surface area contributed by atoms with Crippen LogP contribution in [0.3, 0.4) is 0 Å². The van der Waals surface area contributed by atoms with Gasteiger partial charge in [0.1, 0.15) is 0 Å². The van der Waals surface area contributed by atoms with Gasteiger partial charge in [-0.1, -0.05) is 42.5 Å². The molecule has 0 N–H and O–H groups in total. The molecule has 0 saturated heterocycles. The lowest BCUT2D eigenvalue weighted by atomic mass is 10.1. The first-order valence-electron chi connectivity index (χ1n) is 10.6. The molecule has 0 fully saturated rings. The van der Waals surface area contributed by atoms with Crippen molar-refractivity contribution in [2.45, 2.75) is 32.5 Å². The van der Waals surface area contributed by atoms with Gasteiger partial charge in [0.25, 0.3) is 0 Å². The van der Waals surface area contributed by atoms with Gasteiger partial charge in [-0.3, -0.25) is 14.5 Å². The Hall–Kier alpha value is -3.09. The number of aryl methyl sites for hydroxylation is 2. The molecule has 6 heteroatoms. The van der Waals surface area contributed by atoms with Crippen LogP contribution in [0.15, 0.2) is 73.1 Å². The van der Waals surface area contributed by atoms with Crippen molar-refractivity contribution in [2.75, 3.05) is 7.05 Å². The van der Waals surface area contributed by atoms with Crippen molar-refractivity contribution in [2.24, 2.45) is 0 Å². The van der Waals surface area contributed by atoms with Crippen LogP contribution < -0.4 is 0 Å². The number of aromatic nitrogens is 4. The molecule has 2 aromatic carbocycles. The molecule has 0 saturated carbocycles. The van der Waals surface area contributed by atoms with Gasteiger partial charge in [-0.15, -0.1) is 5.10 Å². The third-order valence-corrected chi connectivity index (χ3v) is 6.52. The van der Waals surface area contributed by atoms with Crippen molar-refractivity contribution in [1.82, 2.24) is 24.2 Å². The Morgan fingerprint density at radius 3 is 2.58 bits per heavy atom. The van der Waals surface area contributed by atoms with Crippen molar-refractivity contribution in [3.05, 3.63) is 94.5 Å². The summed E-state index contributed by atoms with van der Waals surface area (Å²) in [7, 11) is 2.16. The highest BCUT2D eigenvalue weighted by molar-refractivity contribution is 7.71. The second-order valence-corrected chi connectivity index (χ2v) is 8.48. The van der Waals surface area contributed by atoms with E-state index in [1.54, 1.807) is 12.4 Å². The van der Waals surface area contributed by atoms with E-state index in [0.29, 0.717) is 17.5 Å². The monoisotopic (exact) mass is 427 g/mol. The third kappa shape index (κ3) is 3.62. The van der Waals surface area contributed by atoms with Crippen LogP contribution >= 0.6 is 12.2 Å². The SMILES string of the molecule is Cc1ccccc1-n1c(-c2ccncc2)nn(CN(C)C2CCc3ccccc32)c1=S. The van der Waals surface area contributed by atoms with Gasteiger partial charge in [-0.25, -0.2) is 4.68 Å². The summed E-state index contributed by atoms with van der Waals surface area (Å²) in [6.07, 6.45) is 5.83. The van der Waals surface area contributed by atoms with Crippen LogP contribution in [0.25, 0.3) is 17.1 Å². The number of nitrogens with zero attached hydrogens (tertiary/aromatic N) is 5. The molecule has 1 aliphatic rings. The number of hydrogen-bond acceptors (Lipinski definition) is 4. The zero-order chi connectivity index (χ0) is 21.4. The molecule has 0 amide bonds. The lowest BCUT2D eigenvalue weighted by molar-refractivity contribution is 0.182. The summed E-state index contributed by atoms with van der Waals surface area (Å²) in [6, 6.07) is 21.4. The Labute approximate surface area is 187 Å². The van der Waals surface area contributed by atoms with Gasteiger partial charge < -0.3 is 0 Å². The summed E-state index contributed by atoms with van der Waals surface area (Å²) in [4.78, 5) is 6.52. The van der Waals surface area contributed by atoms with Crippen LogP contribution in [0.1, 0.15) is 29.2 Å². The first kappa shape index (κ1) is 19.8. The van der Waals surface area contributed by atoms with Gasteiger partial charge in [-0.2, -0.15) is 0 Å². The van der Waals surface area contributed by atoms with E-state index in [9.17, 15) is 0 Å². The molecule has 1 atom stereocenters. The van der Waals surface area contributed by atoms with Crippen LogP contribution in [-0.4, -0.2) is 31.3 Å². The van der Waals surface area contributed by atoms with E-state index >= 15 is 0 Å². The van der Waals surface area contributed by atoms with Crippen LogP contribution in [-0.2, 0) is 13.1 Å². The highest BCUT2D eigenvalue weighted by Gasteiger charge is 2.26. The zero-order valence-corrected chi connectivity index (χ0v) is 18.6. The summed E-state index contributed by atoms with van der Waals surface area (Å²) < 4.78 is 4.72. The van der Waals surface area contributed by atoms with Gasteiger partial charge in [-0.05, 0) is 73.9 Å². The van der Waals surface area contributed by atoms with Crippen molar-refractivity contribution >= 4 is 12.2 Å². The maximum absolute atomic E-state index is 5.95. The van der Waals surface area contributed by atoms with E-state index in [4.69, 9.17) is 17.3 Å². The number of hydrogen-bond donors (Lipinski definition) is 0. The van der Waals surface area contributed by atoms with Crippen molar-refractivity contribution in [3.63, 3.8) is 0 Å². The highest BCUT2D eigenvalue weighted by atomic mass is 32.1. The maximum atomic E-state index is 5.95. The summed E-state index contributed by atoms with van der Waals surface area (Å²) in [6.45, 7) is 2.74. The maximum Gasteiger partial charge on any atom is 0.204 e. The normalized spacial score (nSPS) is 15.4. The average Bonchev–Trinajstić information content (AvgIpc) is 3.36. The minimum Gasteiger partial charge on any atom is -0.280 e. The number of benzene rings is 2. The van der Waals surface area contributed by atoms with Crippen molar-refractivity contribution in [1.29, 1.82) is 0 Å². The van der Waals surface area contributed by atoms with Gasteiger partial charge in [0.2, 0.25) is 4.77 Å². The fourth-order valence-corrected chi connectivity index (χ4v) is 4.80. The largest absolute Gasteiger partial charge is 0.280 e. The molecule has 4 aromatic rings.